The van der Waals surface area contributed by atoms with Crippen LogP contribution in [0.4, 0.5) is 0 Å². The smallest absolute Gasteiger partial charge is 0.150 e. The van der Waals surface area contributed by atoms with Crippen molar-refractivity contribution in [3.8, 4) is 5.75 Å². The summed E-state index contributed by atoms with van der Waals surface area (Å²) in [6.45, 7) is 0. The van der Waals surface area contributed by atoms with Gasteiger partial charge in [0, 0.05) is 12.4 Å². The van der Waals surface area contributed by atoms with E-state index in [-0.39, 0.29) is 6.04 Å². The molecule has 1 aliphatic rings. The minimum Gasteiger partial charge on any atom is -0.490 e. The monoisotopic (exact) mass is 256 g/mol. The van der Waals surface area contributed by atoms with Crippen LogP contribution in [-0.4, -0.2) is 16.1 Å². The predicted molar refractivity (Wildman–Crippen MR) is 71.3 cm³/mol. The molecule has 98 valence electrons. The van der Waals surface area contributed by atoms with E-state index < -0.39 is 0 Å². The molecule has 1 aromatic carbocycles. The van der Waals surface area contributed by atoms with Crippen LogP contribution in [0.1, 0.15) is 30.3 Å². The van der Waals surface area contributed by atoms with Gasteiger partial charge in [0.25, 0.3) is 0 Å². The second-order valence-electron chi connectivity index (χ2n) is 4.60. The minimum absolute atomic E-state index is 0.232. The summed E-state index contributed by atoms with van der Waals surface area (Å²) >= 11 is 0. The van der Waals surface area contributed by atoms with Crippen molar-refractivity contribution in [2.45, 2.75) is 25.0 Å². The van der Waals surface area contributed by atoms with Crippen molar-refractivity contribution in [1.82, 2.24) is 15.4 Å². The highest BCUT2D eigenvalue weighted by molar-refractivity contribution is 5.33. The Labute approximate surface area is 111 Å². The number of hydrogen-bond donors (Lipinski definition) is 2. The highest BCUT2D eigenvalue weighted by Crippen LogP contribution is 2.29. The molecule has 1 atom stereocenters. The molecule has 3 rings (SSSR count). The molecule has 0 amide bonds. The van der Waals surface area contributed by atoms with Gasteiger partial charge in [-0.2, -0.15) is 0 Å². The Balaban J connectivity index is 1.86. The first-order valence-corrected chi connectivity index (χ1v) is 6.36. The Bertz CT molecular complexity index is 542. The molecule has 3 N–H and O–H groups in total. The Kier molecular flexibility index (Phi) is 3.39. The van der Waals surface area contributed by atoms with E-state index in [9.17, 15) is 0 Å². The number of ether oxygens (including phenoxy) is 1. The third kappa shape index (κ3) is 2.89. The number of aromatic nitrogens is 2. The third-order valence-electron chi connectivity index (χ3n) is 3.03. The van der Waals surface area contributed by atoms with Crippen molar-refractivity contribution < 1.29 is 4.74 Å². The number of hydrogen-bond acceptors (Lipinski definition) is 5. The van der Waals surface area contributed by atoms with Crippen LogP contribution in [0.5, 0.6) is 5.75 Å². The molecule has 5 heteroatoms. The fraction of sp³-hybridized carbons (Fsp3) is 0.286. The maximum atomic E-state index is 5.79. The number of hydrazine groups is 1. The zero-order chi connectivity index (χ0) is 13.1. The molecule has 0 spiro atoms. The molecule has 1 aliphatic carbocycles. The molecule has 1 saturated carbocycles. The number of nitrogens with one attached hydrogen (secondary N) is 1. The normalized spacial score (nSPS) is 16.1. The number of benzene rings is 1. The maximum absolute atomic E-state index is 5.79. The van der Waals surface area contributed by atoms with Gasteiger partial charge >= 0.3 is 0 Å². The quantitative estimate of drug-likeness (QED) is 0.627. The summed E-state index contributed by atoms with van der Waals surface area (Å²) in [6, 6.07) is 9.44. The van der Waals surface area contributed by atoms with E-state index in [4.69, 9.17) is 10.6 Å². The number of nitrogens with two attached hydrogens (primary N) is 1. The van der Waals surface area contributed by atoms with Crippen molar-refractivity contribution in [3.05, 3.63) is 54.1 Å². The first kappa shape index (κ1) is 12.1. The van der Waals surface area contributed by atoms with E-state index in [0.29, 0.717) is 11.9 Å². The fourth-order valence-electron chi connectivity index (χ4n) is 1.93. The van der Waals surface area contributed by atoms with Gasteiger partial charge in [-0.05, 0) is 36.6 Å². The standard InChI is InChI=1S/C14H16N4O/c15-18-13(14-16-7-2-8-17-14)10-3-1-4-12(9-10)19-11-5-6-11/h1-4,7-9,11,13,18H,5-6,15H2. The Hall–Kier alpha value is -1.98. The van der Waals surface area contributed by atoms with Gasteiger partial charge in [-0.3, -0.25) is 5.84 Å². The topological polar surface area (TPSA) is 73.1 Å². The Morgan fingerprint density at radius 3 is 2.68 bits per heavy atom. The maximum Gasteiger partial charge on any atom is 0.150 e. The predicted octanol–water partition coefficient (Wildman–Crippen LogP) is 1.57. The summed E-state index contributed by atoms with van der Waals surface area (Å²) in [5.41, 5.74) is 3.74. The van der Waals surface area contributed by atoms with Crippen LogP contribution in [0.25, 0.3) is 0 Å². The van der Waals surface area contributed by atoms with Crippen LogP contribution in [0.15, 0.2) is 42.7 Å². The van der Waals surface area contributed by atoms with Crippen molar-refractivity contribution >= 4 is 0 Å². The molecule has 0 radical (unpaired) electrons. The lowest BCUT2D eigenvalue weighted by molar-refractivity contribution is 0.302. The highest BCUT2D eigenvalue weighted by Gasteiger charge is 2.24. The second kappa shape index (κ2) is 5.34. The lowest BCUT2D eigenvalue weighted by atomic mass is 10.1. The zero-order valence-electron chi connectivity index (χ0n) is 10.5. The fourth-order valence-corrected chi connectivity index (χ4v) is 1.93. The molecule has 1 aromatic heterocycles. The van der Waals surface area contributed by atoms with Gasteiger partial charge in [-0.1, -0.05) is 12.1 Å². The van der Waals surface area contributed by atoms with Crippen molar-refractivity contribution in [2.75, 3.05) is 0 Å². The minimum atomic E-state index is -0.232. The molecule has 1 heterocycles. The first-order valence-electron chi connectivity index (χ1n) is 6.36. The van der Waals surface area contributed by atoms with Gasteiger partial charge in [0.15, 0.2) is 5.82 Å². The van der Waals surface area contributed by atoms with Crippen LogP contribution in [0.2, 0.25) is 0 Å². The van der Waals surface area contributed by atoms with Gasteiger partial charge in [0.2, 0.25) is 0 Å². The zero-order valence-corrected chi connectivity index (χ0v) is 10.5. The molecule has 2 aromatic rings. The highest BCUT2D eigenvalue weighted by atomic mass is 16.5. The second-order valence-corrected chi connectivity index (χ2v) is 4.60. The number of rotatable bonds is 5. The summed E-state index contributed by atoms with van der Waals surface area (Å²) in [5, 5.41) is 0. The van der Waals surface area contributed by atoms with E-state index >= 15 is 0 Å². The van der Waals surface area contributed by atoms with Crippen LogP contribution in [0.3, 0.4) is 0 Å². The van der Waals surface area contributed by atoms with E-state index in [1.807, 2.05) is 24.3 Å². The van der Waals surface area contributed by atoms with Gasteiger partial charge in [-0.25, -0.2) is 15.4 Å². The molecule has 0 aliphatic heterocycles. The summed E-state index contributed by atoms with van der Waals surface area (Å²) in [7, 11) is 0. The lowest BCUT2D eigenvalue weighted by Gasteiger charge is -2.15. The van der Waals surface area contributed by atoms with Gasteiger partial charge in [-0.15, -0.1) is 0 Å². The molecule has 0 saturated heterocycles. The van der Waals surface area contributed by atoms with Gasteiger partial charge in [0.1, 0.15) is 11.8 Å². The van der Waals surface area contributed by atoms with Crippen molar-refractivity contribution in [2.24, 2.45) is 5.84 Å². The first-order chi connectivity index (χ1) is 9.36. The third-order valence-corrected chi connectivity index (χ3v) is 3.03. The van der Waals surface area contributed by atoms with Gasteiger partial charge in [0.05, 0.1) is 6.10 Å². The van der Waals surface area contributed by atoms with E-state index in [2.05, 4.69) is 15.4 Å². The molecule has 5 nitrogen and oxygen atoms in total. The Morgan fingerprint density at radius 1 is 1.21 bits per heavy atom. The molecular formula is C14H16N4O. The summed E-state index contributed by atoms with van der Waals surface area (Å²) in [4.78, 5) is 8.47. The summed E-state index contributed by atoms with van der Waals surface area (Å²) in [5.74, 6) is 7.15. The largest absolute Gasteiger partial charge is 0.490 e. The van der Waals surface area contributed by atoms with E-state index in [1.165, 1.54) is 0 Å². The summed E-state index contributed by atoms with van der Waals surface area (Å²) in [6.07, 6.45) is 6.08. The van der Waals surface area contributed by atoms with Crippen LogP contribution >= 0.6 is 0 Å². The van der Waals surface area contributed by atoms with Crippen LogP contribution in [-0.2, 0) is 0 Å². The molecule has 1 fully saturated rings. The average Bonchev–Trinajstić information content (AvgIpc) is 3.25. The van der Waals surface area contributed by atoms with E-state index in [1.54, 1.807) is 18.5 Å². The molecular weight excluding hydrogens is 240 g/mol. The van der Waals surface area contributed by atoms with Crippen molar-refractivity contribution in [1.29, 1.82) is 0 Å². The van der Waals surface area contributed by atoms with Crippen LogP contribution < -0.4 is 16.0 Å². The molecule has 0 bridgehead atoms. The molecule has 1 unspecified atom stereocenters. The number of nitrogens with zero attached hydrogens (tertiary/aromatic N) is 2. The van der Waals surface area contributed by atoms with Crippen molar-refractivity contribution in [3.63, 3.8) is 0 Å². The SMILES string of the molecule is NNC(c1cccc(OC2CC2)c1)c1ncccn1. The molecule has 19 heavy (non-hydrogen) atoms. The Morgan fingerprint density at radius 2 is 2.00 bits per heavy atom. The lowest BCUT2D eigenvalue weighted by Crippen LogP contribution is -2.30. The van der Waals surface area contributed by atoms with Gasteiger partial charge < -0.3 is 4.74 Å². The summed E-state index contributed by atoms with van der Waals surface area (Å²) < 4.78 is 5.79. The van der Waals surface area contributed by atoms with E-state index in [0.717, 1.165) is 24.2 Å². The average molecular weight is 256 g/mol. The van der Waals surface area contributed by atoms with Crippen LogP contribution in [0, 0.1) is 0 Å².